The molecule has 2 aromatic rings. The number of rotatable bonds is 3. The third-order valence-corrected chi connectivity index (χ3v) is 7.41. The summed E-state index contributed by atoms with van der Waals surface area (Å²) in [6, 6.07) is 7.70. The van der Waals surface area contributed by atoms with Crippen molar-refractivity contribution < 1.29 is 9.53 Å². The quantitative estimate of drug-likeness (QED) is 0.758. The predicted octanol–water partition coefficient (Wildman–Crippen LogP) is 1.87. The summed E-state index contributed by atoms with van der Waals surface area (Å²) in [4.78, 5) is 34.7. The lowest BCUT2D eigenvalue weighted by Gasteiger charge is -2.43. The highest BCUT2D eigenvalue weighted by Gasteiger charge is 2.38. The molecule has 0 spiro atoms. The number of hydrogen-bond acceptors (Lipinski definition) is 5. The van der Waals surface area contributed by atoms with Gasteiger partial charge in [-0.1, -0.05) is 6.07 Å². The van der Waals surface area contributed by atoms with E-state index in [1.54, 1.807) is 24.5 Å². The number of carbonyl (C=O) groups excluding carboxylic acids is 1. The van der Waals surface area contributed by atoms with Crippen molar-refractivity contribution in [1.82, 2.24) is 19.4 Å². The van der Waals surface area contributed by atoms with Gasteiger partial charge in [-0.2, -0.15) is 0 Å². The van der Waals surface area contributed by atoms with Gasteiger partial charge in [-0.25, -0.2) is 0 Å². The molecule has 3 saturated heterocycles. The standard InChI is InChI=1S/C24H28N4O3/c29-23(17-5-7-25-8-6-17)27-10-16-9-19(13-27)22-4-1-18(24(30)28(22)11-16)12-26-14-20-2-3-21(15-26)31-20/h1,4-8,16,19-21H,2-3,9-15H2/t16-,19+,20-,21+/m0/s1. The number of morpholine rings is 1. The molecule has 7 nitrogen and oxygen atoms in total. The van der Waals surface area contributed by atoms with Gasteiger partial charge in [0.2, 0.25) is 0 Å². The minimum Gasteiger partial charge on any atom is -0.372 e. The van der Waals surface area contributed by atoms with Gasteiger partial charge in [-0.15, -0.1) is 0 Å². The predicted molar refractivity (Wildman–Crippen MR) is 115 cm³/mol. The Balaban J connectivity index is 1.22. The van der Waals surface area contributed by atoms with Gasteiger partial charge in [-0.3, -0.25) is 19.5 Å². The lowest BCUT2D eigenvalue weighted by atomic mass is 9.82. The number of carbonyl (C=O) groups is 1. The summed E-state index contributed by atoms with van der Waals surface area (Å²) >= 11 is 0. The molecular formula is C24H28N4O3. The summed E-state index contributed by atoms with van der Waals surface area (Å²) < 4.78 is 7.93. The van der Waals surface area contributed by atoms with Gasteiger partial charge in [0.25, 0.3) is 11.5 Å². The summed E-state index contributed by atoms with van der Waals surface area (Å²) in [5.74, 6) is 0.606. The molecule has 0 radical (unpaired) electrons. The van der Waals surface area contributed by atoms with E-state index < -0.39 is 0 Å². The fraction of sp³-hybridized carbons (Fsp3) is 0.542. The second-order valence-corrected chi connectivity index (χ2v) is 9.60. The van der Waals surface area contributed by atoms with E-state index in [9.17, 15) is 9.59 Å². The Labute approximate surface area is 181 Å². The van der Waals surface area contributed by atoms with Crippen molar-refractivity contribution >= 4 is 5.91 Å². The van der Waals surface area contributed by atoms with Gasteiger partial charge in [0.05, 0.1) is 12.2 Å². The largest absolute Gasteiger partial charge is 0.372 e. The van der Waals surface area contributed by atoms with Crippen molar-refractivity contribution in [2.24, 2.45) is 5.92 Å². The molecule has 2 aromatic heterocycles. The molecule has 3 fully saturated rings. The van der Waals surface area contributed by atoms with Gasteiger partial charge in [0.1, 0.15) is 0 Å². The number of ether oxygens (including phenoxy) is 1. The highest BCUT2D eigenvalue weighted by molar-refractivity contribution is 5.94. The van der Waals surface area contributed by atoms with Crippen molar-refractivity contribution in [3.8, 4) is 0 Å². The summed E-state index contributed by atoms with van der Waals surface area (Å²) in [5, 5.41) is 0. The lowest BCUT2D eigenvalue weighted by Crippen LogP contribution is -2.49. The van der Waals surface area contributed by atoms with Gasteiger partial charge in [-0.05, 0) is 43.4 Å². The second kappa shape index (κ2) is 7.57. The van der Waals surface area contributed by atoms with Crippen molar-refractivity contribution in [1.29, 1.82) is 0 Å². The van der Waals surface area contributed by atoms with Crippen LogP contribution in [0.25, 0.3) is 0 Å². The topological polar surface area (TPSA) is 67.7 Å². The first-order valence-corrected chi connectivity index (χ1v) is 11.4. The van der Waals surface area contributed by atoms with Gasteiger partial charge in [0, 0.05) is 74.4 Å². The summed E-state index contributed by atoms with van der Waals surface area (Å²) in [6.45, 7) is 4.64. The molecule has 1 amide bonds. The Morgan fingerprint density at radius 2 is 1.77 bits per heavy atom. The molecule has 0 unspecified atom stereocenters. The molecule has 6 heterocycles. The van der Waals surface area contributed by atoms with E-state index in [1.807, 2.05) is 15.5 Å². The van der Waals surface area contributed by atoms with Crippen LogP contribution < -0.4 is 5.56 Å². The van der Waals surface area contributed by atoms with Crippen molar-refractivity contribution in [3.05, 3.63) is 63.8 Å². The van der Waals surface area contributed by atoms with Crippen LogP contribution in [0.5, 0.6) is 0 Å². The van der Waals surface area contributed by atoms with Crippen LogP contribution in [0.1, 0.15) is 46.8 Å². The zero-order chi connectivity index (χ0) is 20.9. The van der Waals surface area contributed by atoms with E-state index in [4.69, 9.17) is 4.74 Å². The fourth-order valence-corrected chi connectivity index (χ4v) is 6.02. The van der Waals surface area contributed by atoms with Crippen molar-refractivity contribution in [2.45, 2.75) is 50.5 Å². The van der Waals surface area contributed by atoms with Crippen LogP contribution in [0, 0.1) is 5.92 Å². The molecule has 0 saturated carbocycles. The summed E-state index contributed by atoms with van der Waals surface area (Å²) in [7, 11) is 0. The molecular weight excluding hydrogens is 392 g/mol. The van der Waals surface area contributed by atoms with Gasteiger partial charge >= 0.3 is 0 Å². The van der Waals surface area contributed by atoms with Crippen molar-refractivity contribution in [3.63, 3.8) is 0 Å². The van der Waals surface area contributed by atoms with Gasteiger partial charge in [0.15, 0.2) is 0 Å². The number of amides is 1. The first-order valence-electron chi connectivity index (χ1n) is 11.4. The molecule has 4 aliphatic rings. The number of likely N-dealkylation sites (tertiary alicyclic amines) is 2. The molecule has 7 heteroatoms. The molecule has 4 atom stereocenters. The van der Waals surface area contributed by atoms with E-state index in [-0.39, 0.29) is 17.4 Å². The van der Waals surface area contributed by atoms with E-state index in [1.165, 1.54) is 0 Å². The SMILES string of the molecule is O=C(c1ccncc1)N1C[C@@H]2C[C@H](C1)c1ccc(CN3C[C@H]4CC[C@@H](C3)O4)c(=O)n1C2. The van der Waals surface area contributed by atoms with Crippen LogP contribution in [0.2, 0.25) is 0 Å². The van der Waals surface area contributed by atoms with E-state index in [0.29, 0.717) is 49.9 Å². The Kier molecular flexibility index (Phi) is 4.69. The molecule has 0 aliphatic carbocycles. The third-order valence-electron chi connectivity index (χ3n) is 7.41. The summed E-state index contributed by atoms with van der Waals surface area (Å²) in [5.41, 5.74) is 2.80. The number of piperidine rings is 1. The van der Waals surface area contributed by atoms with E-state index in [2.05, 4.69) is 16.0 Å². The maximum Gasteiger partial charge on any atom is 0.255 e. The highest BCUT2D eigenvalue weighted by atomic mass is 16.5. The van der Waals surface area contributed by atoms with Crippen LogP contribution in [0.3, 0.4) is 0 Å². The monoisotopic (exact) mass is 420 g/mol. The third kappa shape index (κ3) is 3.49. The Hall–Kier alpha value is -2.51. The van der Waals surface area contributed by atoms with Crippen LogP contribution in [0.4, 0.5) is 0 Å². The molecule has 0 N–H and O–H groups in total. The molecule has 4 bridgehead atoms. The average molecular weight is 421 g/mol. The van der Waals surface area contributed by atoms with E-state index >= 15 is 0 Å². The smallest absolute Gasteiger partial charge is 0.255 e. The minimum atomic E-state index is 0.0615. The highest BCUT2D eigenvalue weighted by Crippen LogP contribution is 2.36. The van der Waals surface area contributed by atoms with Gasteiger partial charge < -0.3 is 14.2 Å². The Morgan fingerprint density at radius 3 is 2.55 bits per heavy atom. The van der Waals surface area contributed by atoms with Crippen LogP contribution in [-0.2, 0) is 17.8 Å². The zero-order valence-electron chi connectivity index (χ0n) is 17.7. The fourth-order valence-electron chi connectivity index (χ4n) is 6.02. The van der Waals surface area contributed by atoms with Crippen LogP contribution in [-0.4, -0.2) is 63.6 Å². The number of fused-ring (bicyclic) bond motifs is 6. The zero-order valence-corrected chi connectivity index (χ0v) is 17.7. The average Bonchev–Trinajstić information content (AvgIpc) is 3.14. The summed E-state index contributed by atoms with van der Waals surface area (Å²) in [6.07, 6.45) is 7.32. The number of hydrogen-bond donors (Lipinski definition) is 0. The second-order valence-electron chi connectivity index (χ2n) is 9.60. The first kappa shape index (κ1) is 19.2. The maximum absolute atomic E-state index is 13.4. The molecule has 31 heavy (non-hydrogen) atoms. The number of aromatic nitrogens is 2. The lowest BCUT2D eigenvalue weighted by molar-refractivity contribution is -0.0412. The number of nitrogens with zero attached hydrogens (tertiary/aromatic N) is 4. The Morgan fingerprint density at radius 1 is 1.00 bits per heavy atom. The van der Waals surface area contributed by atoms with E-state index in [0.717, 1.165) is 43.6 Å². The minimum absolute atomic E-state index is 0.0615. The van der Waals surface area contributed by atoms with Crippen LogP contribution >= 0.6 is 0 Å². The normalized spacial score (nSPS) is 29.6. The molecule has 6 rings (SSSR count). The molecule has 4 aliphatic heterocycles. The number of pyridine rings is 2. The molecule has 162 valence electrons. The van der Waals surface area contributed by atoms with Crippen LogP contribution in [0.15, 0.2) is 41.5 Å². The maximum atomic E-state index is 13.4. The molecule has 0 aromatic carbocycles. The first-order chi connectivity index (χ1) is 15.1. The Bertz CT molecular complexity index is 1040. The van der Waals surface area contributed by atoms with Crippen molar-refractivity contribution in [2.75, 3.05) is 26.2 Å².